The minimum Gasteiger partial charge on any atom is -0.443 e. The lowest BCUT2D eigenvalue weighted by Gasteiger charge is -2.23. The Morgan fingerprint density at radius 2 is 2.04 bits per heavy atom. The van der Waals surface area contributed by atoms with E-state index in [9.17, 15) is 9.59 Å². The number of hydrogen-bond acceptors (Lipinski definition) is 5. The summed E-state index contributed by atoms with van der Waals surface area (Å²) in [6.45, 7) is 3.76. The second-order valence-corrected chi connectivity index (χ2v) is 6.28. The van der Waals surface area contributed by atoms with E-state index in [1.807, 2.05) is 32.0 Å². The summed E-state index contributed by atoms with van der Waals surface area (Å²) in [6.07, 6.45) is 2.25. The lowest BCUT2D eigenvalue weighted by atomic mass is 9.81. The Bertz CT molecular complexity index is 1010. The molecule has 25 heavy (non-hydrogen) atoms. The van der Waals surface area contributed by atoms with Gasteiger partial charge in [0.05, 0.1) is 11.3 Å². The van der Waals surface area contributed by atoms with Crippen LogP contribution in [0.15, 0.2) is 35.0 Å². The Labute approximate surface area is 144 Å². The molecule has 0 spiro atoms. The molecule has 2 aromatic heterocycles. The molecule has 6 heteroatoms. The van der Waals surface area contributed by atoms with Crippen molar-refractivity contribution in [3.8, 4) is 0 Å². The molecule has 0 saturated carbocycles. The number of fused-ring (bicyclic) bond motifs is 2. The number of aromatic nitrogens is 2. The van der Waals surface area contributed by atoms with E-state index in [-0.39, 0.29) is 17.6 Å². The van der Waals surface area contributed by atoms with Gasteiger partial charge in [0.2, 0.25) is 11.6 Å². The molecule has 1 N–H and O–H groups in total. The van der Waals surface area contributed by atoms with E-state index in [1.165, 1.54) is 6.33 Å². The standard InChI is InChI=1S/C19H17N3O3/c1-10-11(2)25-19-16(10)17(20-9-21-19)22-18(24)14-7-8-15(23)13-6-4-3-5-12(13)14/h3-6,9,14H,7-8H2,1-2H3,(H,20,21,22,24)/t14-/m1/s1. The Morgan fingerprint density at radius 3 is 2.88 bits per heavy atom. The largest absolute Gasteiger partial charge is 0.443 e. The molecule has 1 aliphatic rings. The van der Waals surface area contributed by atoms with Crippen LogP contribution >= 0.6 is 0 Å². The maximum atomic E-state index is 12.9. The number of nitrogens with zero attached hydrogens (tertiary/aromatic N) is 2. The van der Waals surface area contributed by atoms with Gasteiger partial charge in [-0.1, -0.05) is 24.3 Å². The van der Waals surface area contributed by atoms with Crippen LogP contribution in [-0.2, 0) is 4.79 Å². The van der Waals surface area contributed by atoms with E-state index in [0.29, 0.717) is 35.3 Å². The van der Waals surface area contributed by atoms with E-state index in [2.05, 4.69) is 15.3 Å². The minimum atomic E-state index is -0.368. The van der Waals surface area contributed by atoms with E-state index in [1.54, 1.807) is 6.07 Å². The van der Waals surface area contributed by atoms with Gasteiger partial charge in [0.25, 0.3) is 0 Å². The van der Waals surface area contributed by atoms with Crippen molar-refractivity contribution in [3.05, 3.63) is 53.0 Å². The molecule has 6 nitrogen and oxygen atoms in total. The predicted molar refractivity (Wildman–Crippen MR) is 92.7 cm³/mol. The smallest absolute Gasteiger partial charge is 0.233 e. The van der Waals surface area contributed by atoms with Crippen molar-refractivity contribution in [2.45, 2.75) is 32.6 Å². The SMILES string of the molecule is Cc1oc2ncnc(NC(=O)[C@@H]3CCC(=O)c4ccccc43)c2c1C. The summed E-state index contributed by atoms with van der Waals surface area (Å²) in [5.41, 5.74) is 2.78. The van der Waals surface area contributed by atoms with Crippen molar-refractivity contribution in [1.29, 1.82) is 0 Å². The summed E-state index contributed by atoms with van der Waals surface area (Å²) in [5, 5.41) is 3.62. The molecule has 0 bridgehead atoms. The zero-order valence-corrected chi connectivity index (χ0v) is 14.0. The van der Waals surface area contributed by atoms with Crippen LogP contribution < -0.4 is 5.32 Å². The number of ketones is 1. The summed E-state index contributed by atoms with van der Waals surface area (Å²) < 4.78 is 5.59. The van der Waals surface area contributed by atoms with Crippen LogP contribution in [0.2, 0.25) is 0 Å². The summed E-state index contributed by atoms with van der Waals surface area (Å²) in [4.78, 5) is 33.3. The molecule has 2 heterocycles. The molecule has 0 aliphatic heterocycles. The fraction of sp³-hybridized carbons (Fsp3) is 0.263. The average Bonchev–Trinajstić information content (AvgIpc) is 2.91. The Morgan fingerprint density at radius 1 is 1.24 bits per heavy atom. The van der Waals surface area contributed by atoms with Gasteiger partial charge in [-0.05, 0) is 25.8 Å². The van der Waals surface area contributed by atoms with Gasteiger partial charge in [-0.2, -0.15) is 0 Å². The number of furan rings is 1. The first-order valence-electron chi connectivity index (χ1n) is 8.20. The van der Waals surface area contributed by atoms with E-state index in [4.69, 9.17) is 4.42 Å². The fourth-order valence-electron chi connectivity index (χ4n) is 3.37. The third kappa shape index (κ3) is 2.50. The number of aryl methyl sites for hydroxylation is 2. The van der Waals surface area contributed by atoms with Gasteiger partial charge >= 0.3 is 0 Å². The number of Topliss-reactive ketones (excluding diaryl/α,β-unsaturated/α-hetero) is 1. The number of benzene rings is 1. The highest BCUT2D eigenvalue weighted by molar-refractivity contribution is 6.06. The van der Waals surface area contributed by atoms with Gasteiger partial charge in [-0.15, -0.1) is 0 Å². The topological polar surface area (TPSA) is 85.1 Å². The predicted octanol–water partition coefficient (Wildman–Crippen LogP) is 3.54. The second-order valence-electron chi connectivity index (χ2n) is 6.28. The van der Waals surface area contributed by atoms with Crippen LogP contribution in [0.1, 0.15) is 46.0 Å². The minimum absolute atomic E-state index is 0.0883. The lowest BCUT2D eigenvalue weighted by Crippen LogP contribution is -2.27. The monoisotopic (exact) mass is 335 g/mol. The number of carbonyl (C=O) groups is 2. The van der Waals surface area contributed by atoms with E-state index < -0.39 is 0 Å². The van der Waals surface area contributed by atoms with Gasteiger partial charge in [-0.3, -0.25) is 9.59 Å². The molecule has 0 fully saturated rings. The molecule has 0 unspecified atom stereocenters. The zero-order valence-electron chi connectivity index (χ0n) is 14.0. The molecular weight excluding hydrogens is 318 g/mol. The summed E-state index contributed by atoms with van der Waals surface area (Å²) in [5.74, 6) is 0.745. The van der Waals surface area contributed by atoms with Crippen LogP contribution in [0, 0.1) is 13.8 Å². The zero-order chi connectivity index (χ0) is 17.6. The molecular formula is C19H17N3O3. The van der Waals surface area contributed by atoms with Crippen molar-refractivity contribution >= 4 is 28.6 Å². The summed E-state index contributed by atoms with van der Waals surface area (Å²) in [6, 6.07) is 7.30. The Kier molecular flexibility index (Phi) is 3.60. The highest BCUT2D eigenvalue weighted by Crippen LogP contribution is 2.34. The van der Waals surface area contributed by atoms with Crippen molar-refractivity contribution < 1.29 is 14.0 Å². The summed E-state index contributed by atoms with van der Waals surface area (Å²) in [7, 11) is 0. The van der Waals surface area contributed by atoms with Gasteiger partial charge in [0, 0.05) is 17.5 Å². The van der Waals surface area contributed by atoms with Crippen molar-refractivity contribution in [1.82, 2.24) is 9.97 Å². The number of nitrogens with one attached hydrogen (secondary N) is 1. The maximum absolute atomic E-state index is 12.9. The van der Waals surface area contributed by atoms with Crippen LogP contribution in [0.4, 0.5) is 5.82 Å². The third-order valence-electron chi connectivity index (χ3n) is 4.82. The van der Waals surface area contributed by atoms with Crippen LogP contribution in [0.25, 0.3) is 11.1 Å². The molecule has 126 valence electrons. The van der Waals surface area contributed by atoms with Crippen LogP contribution in [-0.4, -0.2) is 21.7 Å². The van der Waals surface area contributed by atoms with Gasteiger partial charge in [0.15, 0.2) is 5.78 Å². The highest BCUT2D eigenvalue weighted by atomic mass is 16.3. The molecule has 1 aromatic carbocycles. The average molecular weight is 335 g/mol. The van der Waals surface area contributed by atoms with Crippen molar-refractivity contribution in [2.75, 3.05) is 5.32 Å². The summed E-state index contributed by atoms with van der Waals surface area (Å²) >= 11 is 0. The number of carbonyl (C=O) groups excluding carboxylic acids is 2. The second kappa shape index (κ2) is 5.81. The van der Waals surface area contributed by atoms with Crippen LogP contribution in [0.5, 0.6) is 0 Å². The highest BCUT2D eigenvalue weighted by Gasteiger charge is 2.31. The molecule has 0 radical (unpaired) electrons. The quantitative estimate of drug-likeness (QED) is 0.774. The number of rotatable bonds is 2. The van der Waals surface area contributed by atoms with E-state index in [0.717, 1.165) is 16.9 Å². The third-order valence-corrected chi connectivity index (χ3v) is 4.82. The Hall–Kier alpha value is -3.02. The van der Waals surface area contributed by atoms with Crippen LogP contribution in [0.3, 0.4) is 0 Å². The molecule has 0 saturated heterocycles. The molecule has 4 rings (SSSR count). The number of hydrogen-bond donors (Lipinski definition) is 1. The van der Waals surface area contributed by atoms with E-state index >= 15 is 0 Å². The fourth-order valence-corrected chi connectivity index (χ4v) is 3.37. The lowest BCUT2D eigenvalue weighted by molar-refractivity contribution is -0.117. The van der Waals surface area contributed by atoms with Crippen molar-refractivity contribution in [2.24, 2.45) is 0 Å². The van der Waals surface area contributed by atoms with Gasteiger partial charge in [0.1, 0.15) is 17.9 Å². The first kappa shape index (κ1) is 15.5. The first-order valence-corrected chi connectivity index (χ1v) is 8.20. The van der Waals surface area contributed by atoms with Crippen molar-refractivity contribution in [3.63, 3.8) is 0 Å². The van der Waals surface area contributed by atoms with Gasteiger partial charge in [-0.25, -0.2) is 9.97 Å². The first-order chi connectivity index (χ1) is 12.1. The normalized spacial score (nSPS) is 16.7. The number of anilines is 1. The molecule has 1 amide bonds. The molecule has 1 aliphatic carbocycles. The Balaban J connectivity index is 1.70. The molecule has 3 aromatic rings. The number of amides is 1. The molecule has 1 atom stereocenters. The maximum Gasteiger partial charge on any atom is 0.233 e. The van der Waals surface area contributed by atoms with Gasteiger partial charge < -0.3 is 9.73 Å².